The van der Waals surface area contributed by atoms with Gasteiger partial charge in [0.15, 0.2) is 5.43 Å². The highest BCUT2D eigenvalue weighted by Crippen LogP contribution is 2.22. The second kappa shape index (κ2) is 6.83. The normalized spacial score (nSPS) is 12.2. The third-order valence-electron chi connectivity index (χ3n) is 4.32. The molecule has 0 fully saturated rings. The Morgan fingerprint density at radius 2 is 1.71 bits per heavy atom. The molecule has 0 aliphatic heterocycles. The lowest BCUT2D eigenvalue weighted by Crippen LogP contribution is -2.10. The molecule has 0 amide bonds. The molecule has 0 saturated carbocycles. The first-order chi connectivity index (χ1) is 11.6. The van der Waals surface area contributed by atoms with E-state index in [9.17, 15) is 9.59 Å². The van der Waals surface area contributed by atoms with Crippen LogP contribution in [0, 0.1) is 0 Å². The van der Waals surface area contributed by atoms with Crippen molar-refractivity contribution in [2.24, 2.45) is 0 Å². The van der Waals surface area contributed by atoms with E-state index in [0.717, 1.165) is 21.7 Å². The van der Waals surface area contributed by atoms with Crippen molar-refractivity contribution in [1.29, 1.82) is 0 Å². The predicted octanol–water partition coefficient (Wildman–Crippen LogP) is 4.41. The first-order valence-electron chi connectivity index (χ1n) is 8.21. The first-order valence-corrected chi connectivity index (χ1v) is 8.21. The maximum atomic E-state index is 12.8. The van der Waals surface area contributed by atoms with Gasteiger partial charge >= 0.3 is 5.97 Å². The van der Waals surface area contributed by atoms with Crippen LogP contribution < -0.4 is 5.43 Å². The van der Waals surface area contributed by atoms with Crippen LogP contribution in [-0.2, 0) is 9.53 Å². The SMILES string of the molecule is CCC(=O)OCC(C)c1ccc2c(=O)c3ccccc3ccc2c1. The summed E-state index contributed by atoms with van der Waals surface area (Å²) in [6.07, 6.45) is 0.381. The number of rotatable bonds is 4. The molecule has 0 aliphatic rings. The smallest absolute Gasteiger partial charge is 0.305 e. The van der Waals surface area contributed by atoms with Crippen molar-refractivity contribution >= 4 is 27.5 Å². The van der Waals surface area contributed by atoms with Crippen molar-refractivity contribution in [3.05, 3.63) is 70.4 Å². The Morgan fingerprint density at radius 1 is 1.00 bits per heavy atom. The van der Waals surface area contributed by atoms with Crippen molar-refractivity contribution in [2.75, 3.05) is 6.61 Å². The largest absolute Gasteiger partial charge is 0.465 e. The van der Waals surface area contributed by atoms with Crippen LogP contribution in [0.25, 0.3) is 21.5 Å². The molecular weight excluding hydrogens is 300 g/mol. The third-order valence-corrected chi connectivity index (χ3v) is 4.32. The molecular formula is C21H20O3. The van der Waals surface area contributed by atoms with E-state index in [1.165, 1.54) is 0 Å². The van der Waals surface area contributed by atoms with E-state index in [-0.39, 0.29) is 17.3 Å². The van der Waals surface area contributed by atoms with Crippen LogP contribution in [0.5, 0.6) is 0 Å². The third kappa shape index (κ3) is 3.16. The Morgan fingerprint density at radius 3 is 2.50 bits per heavy atom. The number of hydrogen-bond acceptors (Lipinski definition) is 3. The van der Waals surface area contributed by atoms with Gasteiger partial charge in [0.05, 0.1) is 6.61 Å². The monoisotopic (exact) mass is 320 g/mol. The van der Waals surface area contributed by atoms with Crippen LogP contribution >= 0.6 is 0 Å². The summed E-state index contributed by atoms with van der Waals surface area (Å²) in [4.78, 5) is 24.1. The molecule has 24 heavy (non-hydrogen) atoms. The van der Waals surface area contributed by atoms with Gasteiger partial charge in [0.2, 0.25) is 0 Å². The van der Waals surface area contributed by atoms with Crippen molar-refractivity contribution in [2.45, 2.75) is 26.2 Å². The van der Waals surface area contributed by atoms with Gasteiger partial charge in [-0.1, -0.05) is 68.4 Å². The van der Waals surface area contributed by atoms with Crippen molar-refractivity contribution in [1.82, 2.24) is 0 Å². The molecule has 0 N–H and O–H groups in total. The van der Waals surface area contributed by atoms with E-state index in [1.54, 1.807) is 6.92 Å². The maximum absolute atomic E-state index is 12.8. The van der Waals surface area contributed by atoms with E-state index in [4.69, 9.17) is 4.74 Å². The minimum atomic E-state index is -0.192. The van der Waals surface area contributed by atoms with Crippen LogP contribution in [0.3, 0.4) is 0 Å². The summed E-state index contributed by atoms with van der Waals surface area (Å²) in [7, 11) is 0. The van der Waals surface area contributed by atoms with E-state index in [0.29, 0.717) is 18.4 Å². The maximum Gasteiger partial charge on any atom is 0.305 e. The van der Waals surface area contributed by atoms with Gasteiger partial charge in [-0.15, -0.1) is 0 Å². The lowest BCUT2D eigenvalue weighted by molar-refractivity contribution is -0.143. The number of fused-ring (bicyclic) bond motifs is 2. The molecule has 3 heteroatoms. The summed E-state index contributed by atoms with van der Waals surface area (Å²) in [6, 6.07) is 17.4. The second-order valence-corrected chi connectivity index (χ2v) is 6.03. The quantitative estimate of drug-likeness (QED) is 0.669. The average molecular weight is 320 g/mol. The first kappa shape index (κ1) is 16.2. The van der Waals surface area contributed by atoms with Gasteiger partial charge in [0.1, 0.15) is 0 Å². The molecule has 1 atom stereocenters. The summed E-state index contributed by atoms with van der Waals surface area (Å²) in [5.41, 5.74) is 1.10. The zero-order chi connectivity index (χ0) is 17.1. The summed E-state index contributed by atoms with van der Waals surface area (Å²) >= 11 is 0. The van der Waals surface area contributed by atoms with Gasteiger partial charge < -0.3 is 4.74 Å². The van der Waals surface area contributed by atoms with Gasteiger partial charge in [0, 0.05) is 23.1 Å². The number of esters is 1. The Kier molecular flexibility index (Phi) is 4.61. The summed E-state index contributed by atoms with van der Waals surface area (Å²) in [5, 5.41) is 3.27. The van der Waals surface area contributed by atoms with Gasteiger partial charge in [-0.05, 0) is 16.3 Å². The number of carbonyl (C=O) groups is 1. The fraction of sp³-hybridized carbons (Fsp3) is 0.238. The zero-order valence-corrected chi connectivity index (χ0v) is 13.9. The fourth-order valence-electron chi connectivity index (χ4n) is 2.82. The minimum Gasteiger partial charge on any atom is -0.465 e. The second-order valence-electron chi connectivity index (χ2n) is 6.03. The molecule has 3 aromatic carbocycles. The van der Waals surface area contributed by atoms with Crippen LogP contribution in [0.2, 0.25) is 0 Å². The topological polar surface area (TPSA) is 43.4 Å². The Bertz CT molecular complexity index is 960. The molecule has 0 saturated heterocycles. The molecule has 0 heterocycles. The molecule has 1 unspecified atom stereocenters. The highest BCUT2D eigenvalue weighted by atomic mass is 16.5. The summed E-state index contributed by atoms with van der Waals surface area (Å²) in [6.45, 7) is 4.15. The molecule has 3 aromatic rings. The van der Waals surface area contributed by atoms with Crippen molar-refractivity contribution in [3.8, 4) is 0 Å². The van der Waals surface area contributed by atoms with Gasteiger partial charge in [0.25, 0.3) is 0 Å². The molecule has 0 spiro atoms. The molecule has 3 rings (SSSR count). The van der Waals surface area contributed by atoms with Crippen LogP contribution in [0.15, 0.2) is 59.4 Å². The summed E-state index contributed by atoms with van der Waals surface area (Å²) in [5.74, 6) is -0.109. The standard InChI is InChI=1S/C21H20O3/c1-3-20(22)24-13-14(2)16-10-11-19-17(12-16)9-8-15-6-4-5-7-18(15)21(19)23/h4-12,14H,3,13H2,1-2H3. The Balaban J connectivity index is 2.04. The van der Waals surface area contributed by atoms with E-state index in [1.807, 2.05) is 61.5 Å². The number of ether oxygens (including phenoxy) is 1. The highest BCUT2D eigenvalue weighted by Gasteiger charge is 2.10. The number of hydrogen-bond donors (Lipinski definition) is 0. The molecule has 0 aromatic heterocycles. The summed E-state index contributed by atoms with van der Waals surface area (Å²) < 4.78 is 5.22. The molecule has 3 nitrogen and oxygen atoms in total. The lowest BCUT2D eigenvalue weighted by Gasteiger charge is -2.12. The van der Waals surface area contributed by atoms with Crippen molar-refractivity contribution in [3.63, 3.8) is 0 Å². The van der Waals surface area contributed by atoms with Gasteiger partial charge in [-0.25, -0.2) is 0 Å². The van der Waals surface area contributed by atoms with Gasteiger partial charge in [-0.2, -0.15) is 0 Å². The van der Waals surface area contributed by atoms with Gasteiger partial charge in [-0.3, -0.25) is 9.59 Å². The highest BCUT2D eigenvalue weighted by molar-refractivity contribution is 5.93. The van der Waals surface area contributed by atoms with Crippen molar-refractivity contribution < 1.29 is 9.53 Å². The van der Waals surface area contributed by atoms with E-state index >= 15 is 0 Å². The zero-order valence-electron chi connectivity index (χ0n) is 13.9. The molecule has 0 aliphatic carbocycles. The van der Waals surface area contributed by atoms with Crippen LogP contribution in [0.4, 0.5) is 0 Å². The Hall–Kier alpha value is -2.68. The van der Waals surface area contributed by atoms with Crippen LogP contribution in [-0.4, -0.2) is 12.6 Å². The van der Waals surface area contributed by atoms with E-state index < -0.39 is 0 Å². The minimum absolute atomic E-state index is 0.0437. The number of carbonyl (C=O) groups excluding carboxylic acids is 1. The van der Waals surface area contributed by atoms with Crippen LogP contribution in [0.1, 0.15) is 31.7 Å². The molecule has 122 valence electrons. The molecule has 0 bridgehead atoms. The van der Waals surface area contributed by atoms with E-state index in [2.05, 4.69) is 0 Å². The predicted molar refractivity (Wildman–Crippen MR) is 97.4 cm³/mol. The Labute approximate surface area is 140 Å². The average Bonchev–Trinajstić information content (AvgIpc) is 2.76. The fourth-order valence-corrected chi connectivity index (χ4v) is 2.82. The number of benzene rings is 2. The molecule has 0 radical (unpaired) electrons. The lowest BCUT2D eigenvalue weighted by atomic mass is 9.99.